The zero-order valence-corrected chi connectivity index (χ0v) is 19.7. The standard InChI is InChI=1S/C29H18N2O2Se/c32-27-23-12-6-7-13-24(23)28(33)25(27)18-21-14-15-26(34-21)31(20-9-2-1-3-10-20)29-22-11-5-4-8-19(22)16-17-30-29/h1-18H. The number of carbonyl (C=O) groups excluding carboxylic acids is 2. The number of rotatable bonds is 4. The van der Waals surface area contributed by atoms with E-state index < -0.39 is 0 Å². The molecule has 1 aliphatic rings. The summed E-state index contributed by atoms with van der Waals surface area (Å²) in [6, 6.07) is 31.5. The van der Waals surface area contributed by atoms with Crippen LogP contribution in [0.2, 0.25) is 0 Å². The molecule has 0 spiro atoms. The molecule has 2 heterocycles. The van der Waals surface area contributed by atoms with E-state index in [2.05, 4.69) is 35.2 Å². The molecule has 0 saturated carbocycles. The summed E-state index contributed by atoms with van der Waals surface area (Å²) in [6.45, 7) is 0. The Hall–Kier alpha value is -4.05. The van der Waals surface area contributed by atoms with Crippen LogP contribution >= 0.6 is 0 Å². The average molecular weight is 505 g/mol. The van der Waals surface area contributed by atoms with Crippen LogP contribution in [0, 0.1) is 0 Å². The second kappa shape index (κ2) is 8.38. The van der Waals surface area contributed by atoms with Crippen LogP contribution in [0.1, 0.15) is 25.2 Å². The number of hydrogen-bond donors (Lipinski definition) is 0. The first-order valence-corrected chi connectivity index (χ1v) is 12.6. The van der Waals surface area contributed by atoms with Gasteiger partial charge in [0.05, 0.1) is 0 Å². The molecule has 34 heavy (non-hydrogen) atoms. The van der Waals surface area contributed by atoms with E-state index in [1.165, 1.54) is 0 Å². The number of Topliss-reactive ketones (excluding diaryl/α,β-unsaturated/α-hetero) is 2. The SMILES string of the molecule is O=C1C(=Cc2ccc(N(c3ccccc3)c3nccc4ccccc34)[se]2)C(=O)c2ccccc21. The summed E-state index contributed by atoms with van der Waals surface area (Å²) in [6.07, 6.45) is 3.60. The van der Waals surface area contributed by atoms with E-state index in [4.69, 9.17) is 4.98 Å². The monoisotopic (exact) mass is 506 g/mol. The number of para-hydroxylation sites is 1. The Bertz CT molecular complexity index is 1560. The van der Waals surface area contributed by atoms with Gasteiger partial charge in [-0.2, -0.15) is 0 Å². The van der Waals surface area contributed by atoms with Gasteiger partial charge in [0.1, 0.15) is 0 Å². The predicted octanol–water partition coefficient (Wildman–Crippen LogP) is 6.22. The maximum atomic E-state index is 12.9. The summed E-state index contributed by atoms with van der Waals surface area (Å²) < 4.78 is 2.07. The van der Waals surface area contributed by atoms with Crippen molar-refractivity contribution in [2.24, 2.45) is 0 Å². The minimum atomic E-state index is -0.193. The number of carbonyl (C=O) groups is 2. The molecule has 2 aromatic heterocycles. The molecule has 0 N–H and O–H groups in total. The summed E-state index contributed by atoms with van der Waals surface area (Å²) in [5.41, 5.74) is 2.24. The zero-order valence-electron chi connectivity index (χ0n) is 18.0. The molecule has 6 rings (SSSR count). The quantitative estimate of drug-likeness (QED) is 0.165. The van der Waals surface area contributed by atoms with Gasteiger partial charge in [0.2, 0.25) is 0 Å². The molecule has 0 aliphatic heterocycles. The van der Waals surface area contributed by atoms with Gasteiger partial charge < -0.3 is 0 Å². The van der Waals surface area contributed by atoms with Gasteiger partial charge in [-0.1, -0.05) is 0 Å². The van der Waals surface area contributed by atoms with E-state index in [0.717, 1.165) is 31.3 Å². The van der Waals surface area contributed by atoms with Crippen molar-refractivity contribution in [3.05, 3.63) is 124 Å². The maximum absolute atomic E-state index is 12.9. The third-order valence-corrected chi connectivity index (χ3v) is 8.04. The second-order valence-corrected chi connectivity index (χ2v) is 10.3. The Labute approximate surface area is 202 Å². The van der Waals surface area contributed by atoms with Crippen molar-refractivity contribution >= 4 is 59.0 Å². The first-order valence-electron chi connectivity index (χ1n) is 10.9. The number of fused-ring (bicyclic) bond motifs is 2. The van der Waals surface area contributed by atoms with Crippen LogP contribution in [0.3, 0.4) is 0 Å². The third-order valence-electron chi connectivity index (χ3n) is 5.90. The van der Waals surface area contributed by atoms with Gasteiger partial charge in [0.25, 0.3) is 0 Å². The van der Waals surface area contributed by atoms with Crippen molar-refractivity contribution < 1.29 is 9.59 Å². The molecular weight excluding hydrogens is 487 g/mol. The fourth-order valence-electron chi connectivity index (χ4n) is 4.30. The molecule has 4 nitrogen and oxygen atoms in total. The van der Waals surface area contributed by atoms with E-state index in [0.29, 0.717) is 11.1 Å². The third kappa shape index (κ3) is 3.43. The molecule has 1 aliphatic carbocycles. The minimum absolute atomic E-state index is 0.114. The molecular formula is C29H18N2O2Se. The topological polar surface area (TPSA) is 50.3 Å². The molecule has 0 fully saturated rings. The summed E-state index contributed by atoms with van der Waals surface area (Å²) in [5, 5.41) is 2.18. The van der Waals surface area contributed by atoms with E-state index in [1.807, 2.05) is 48.7 Å². The van der Waals surface area contributed by atoms with E-state index in [9.17, 15) is 9.59 Å². The van der Waals surface area contributed by atoms with Crippen molar-refractivity contribution in [3.8, 4) is 0 Å². The Morgan fingerprint density at radius 1 is 0.706 bits per heavy atom. The Morgan fingerprint density at radius 2 is 1.38 bits per heavy atom. The van der Waals surface area contributed by atoms with Gasteiger partial charge in [-0.15, -0.1) is 0 Å². The second-order valence-electron chi connectivity index (χ2n) is 7.96. The Morgan fingerprint density at radius 3 is 2.15 bits per heavy atom. The predicted molar refractivity (Wildman–Crippen MR) is 136 cm³/mol. The van der Waals surface area contributed by atoms with Crippen LogP contribution in [-0.4, -0.2) is 31.1 Å². The molecule has 0 saturated heterocycles. The van der Waals surface area contributed by atoms with Crippen LogP contribution in [0.15, 0.2) is 109 Å². The van der Waals surface area contributed by atoms with Crippen LogP contribution in [0.4, 0.5) is 16.1 Å². The fraction of sp³-hybridized carbons (Fsp3) is 0. The molecule has 3 aromatic carbocycles. The first-order chi connectivity index (χ1) is 16.7. The molecule has 0 radical (unpaired) electrons. The van der Waals surface area contributed by atoms with Crippen LogP contribution < -0.4 is 4.90 Å². The number of hydrogen-bond acceptors (Lipinski definition) is 4. The number of benzene rings is 3. The average Bonchev–Trinajstić information content (AvgIpc) is 3.44. The molecule has 162 valence electrons. The van der Waals surface area contributed by atoms with Gasteiger partial charge in [-0.3, -0.25) is 0 Å². The van der Waals surface area contributed by atoms with Gasteiger partial charge in [0, 0.05) is 0 Å². The molecule has 5 aromatic rings. The molecule has 0 atom stereocenters. The number of aromatic nitrogens is 1. The van der Waals surface area contributed by atoms with Crippen molar-refractivity contribution in [2.45, 2.75) is 0 Å². The van der Waals surface area contributed by atoms with Crippen LogP contribution in [0.5, 0.6) is 0 Å². The zero-order chi connectivity index (χ0) is 23.1. The van der Waals surface area contributed by atoms with E-state index in [-0.39, 0.29) is 31.6 Å². The number of pyridine rings is 1. The Kier molecular flexibility index (Phi) is 5.06. The molecule has 0 bridgehead atoms. The van der Waals surface area contributed by atoms with E-state index >= 15 is 0 Å². The summed E-state index contributed by atoms with van der Waals surface area (Å²) >= 11 is -0.114. The van der Waals surface area contributed by atoms with Crippen LogP contribution in [0.25, 0.3) is 16.8 Å². The van der Waals surface area contributed by atoms with Crippen molar-refractivity contribution in [1.29, 1.82) is 0 Å². The number of anilines is 3. The Balaban J connectivity index is 1.46. The van der Waals surface area contributed by atoms with E-state index in [1.54, 1.807) is 30.3 Å². The van der Waals surface area contributed by atoms with Gasteiger partial charge in [0.15, 0.2) is 0 Å². The first kappa shape index (κ1) is 20.5. The van der Waals surface area contributed by atoms with Gasteiger partial charge in [-0.25, -0.2) is 0 Å². The molecule has 0 amide bonds. The molecule has 0 unspecified atom stereocenters. The van der Waals surface area contributed by atoms with Gasteiger partial charge >= 0.3 is 203 Å². The van der Waals surface area contributed by atoms with Crippen molar-refractivity contribution in [3.63, 3.8) is 0 Å². The summed E-state index contributed by atoms with van der Waals surface area (Å²) in [5.74, 6) is 0.475. The fourth-order valence-corrected chi connectivity index (χ4v) is 6.34. The number of nitrogens with zero attached hydrogens (tertiary/aromatic N) is 2. The number of ketones is 2. The van der Waals surface area contributed by atoms with Crippen LogP contribution in [-0.2, 0) is 0 Å². The number of allylic oxidation sites excluding steroid dienone is 1. The summed E-state index contributed by atoms with van der Waals surface area (Å²) in [7, 11) is 0. The summed E-state index contributed by atoms with van der Waals surface area (Å²) in [4.78, 5) is 32.6. The normalized spacial score (nSPS) is 12.8. The molecule has 5 heteroatoms. The van der Waals surface area contributed by atoms with Crippen molar-refractivity contribution in [1.82, 2.24) is 4.98 Å². The van der Waals surface area contributed by atoms with Gasteiger partial charge in [-0.05, 0) is 0 Å². The van der Waals surface area contributed by atoms with Crippen molar-refractivity contribution in [2.75, 3.05) is 4.90 Å².